The van der Waals surface area contributed by atoms with Crippen molar-refractivity contribution in [2.24, 2.45) is 0 Å². The van der Waals surface area contributed by atoms with Crippen LogP contribution < -0.4 is 0 Å². The van der Waals surface area contributed by atoms with Crippen molar-refractivity contribution in [3.05, 3.63) is 69.9 Å². The molecule has 0 bridgehead atoms. The summed E-state index contributed by atoms with van der Waals surface area (Å²) in [5, 5.41) is 0. The van der Waals surface area contributed by atoms with Crippen molar-refractivity contribution >= 4 is 21.9 Å². The van der Waals surface area contributed by atoms with Crippen LogP contribution in [0.5, 0.6) is 0 Å². The van der Waals surface area contributed by atoms with E-state index in [0.717, 1.165) is 10.0 Å². The minimum atomic E-state index is -0.663. The molecule has 0 fully saturated rings. The van der Waals surface area contributed by atoms with Crippen molar-refractivity contribution in [2.45, 2.75) is 6.61 Å². The summed E-state index contributed by atoms with van der Waals surface area (Å²) in [5.74, 6) is -1.24. The zero-order valence-electron chi connectivity index (χ0n) is 9.40. The molecule has 92 valence electrons. The van der Waals surface area contributed by atoms with Gasteiger partial charge in [-0.15, -0.1) is 0 Å². The Balaban J connectivity index is 2.06. The number of benzene rings is 2. The summed E-state index contributed by atoms with van der Waals surface area (Å²) in [5.41, 5.74) is 0.784. The molecule has 2 nitrogen and oxygen atoms in total. The Labute approximate surface area is 113 Å². The van der Waals surface area contributed by atoms with Crippen molar-refractivity contribution in [3.8, 4) is 0 Å². The highest BCUT2D eigenvalue weighted by molar-refractivity contribution is 9.10. The molecule has 0 atom stereocenters. The van der Waals surface area contributed by atoms with Gasteiger partial charge in [0.15, 0.2) is 0 Å². The SMILES string of the molecule is O=C(OCc1ccccc1Br)c1ccccc1F. The Morgan fingerprint density at radius 1 is 1.11 bits per heavy atom. The van der Waals surface area contributed by atoms with Gasteiger partial charge in [-0.05, 0) is 18.2 Å². The van der Waals surface area contributed by atoms with Gasteiger partial charge in [0, 0.05) is 10.0 Å². The lowest BCUT2D eigenvalue weighted by Gasteiger charge is -2.07. The van der Waals surface area contributed by atoms with Gasteiger partial charge in [0.25, 0.3) is 0 Å². The Hall–Kier alpha value is -1.68. The second-order valence-corrected chi connectivity index (χ2v) is 4.50. The fourth-order valence-corrected chi connectivity index (χ4v) is 1.86. The molecular weight excluding hydrogens is 299 g/mol. The molecule has 2 aromatic rings. The maximum atomic E-state index is 13.3. The third-order valence-electron chi connectivity index (χ3n) is 2.41. The van der Waals surface area contributed by atoms with Crippen molar-refractivity contribution in [3.63, 3.8) is 0 Å². The fourth-order valence-electron chi connectivity index (χ4n) is 1.46. The minimum Gasteiger partial charge on any atom is -0.457 e. The van der Waals surface area contributed by atoms with E-state index in [1.54, 1.807) is 6.07 Å². The van der Waals surface area contributed by atoms with Gasteiger partial charge in [-0.25, -0.2) is 9.18 Å². The molecule has 0 radical (unpaired) electrons. The molecule has 0 unspecified atom stereocenters. The van der Waals surface area contributed by atoms with Crippen LogP contribution in [0.4, 0.5) is 4.39 Å². The van der Waals surface area contributed by atoms with Crippen LogP contribution in [-0.2, 0) is 11.3 Å². The summed E-state index contributed by atoms with van der Waals surface area (Å²) in [6, 6.07) is 13.2. The molecule has 0 saturated heterocycles. The third-order valence-corrected chi connectivity index (χ3v) is 3.18. The summed E-state index contributed by atoms with van der Waals surface area (Å²) in [4.78, 5) is 11.7. The number of carbonyl (C=O) groups is 1. The highest BCUT2D eigenvalue weighted by Gasteiger charge is 2.12. The van der Waals surface area contributed by atoms with Crippen LogP contribution in [0.3, 0.4) is 0 Å². The predicted octanol–water partition coefficient (Wildman–Crippen LogP) is 3.95. The van der Waals surface area contributed by atoms with Crippen LogP contribution in [0.1, 0.15) is 15.9 Å². The van der Waals surface area contributed by atoms with E-state index in [1.165, 1.54) is 18.2 Å². The molecule has 0 N–H and O–H groups in total. The quantitative estimate of drug-likeness (QED) is 0.803. The highest BCUT2D eigenvalue weighted by atomic mass is 79.9. The topological polar surface area (TPSA) is 26.3 Å². The van der Waals surface area contributed by atoms with Crippen LogP contribution in [0.2, 0.25) is 0 Å². The number of esters is 1. The van der Waals surface area contributed by atoms with Gasteiger partial charge in [-0.3, -0.25) is 0 Å². The van der Waals surface area contributed by atoms with Gasteiger partial charge in [0.1, 0.15) is 12.4 Å². The molecule has 0 aromatic heterocycles. The van der Waals surface area contributed by atoms with Crippen molar-refractivity contribution in [1.82, 2.24) is 0 Å². The monoisotopic (exact) mass is 308 g/mol. The summed E-state index contributed by atoms with van der Waals surface area (Å²) in [6.07, 6.45) is 0. The third kappa shape index (κ3) is 2.96. The predicted molar refractivity (Wildman–Crippen MR) is 69.7 cm³/mol. The van der Waals surface area contributed by atoms with Gasteiger partial charge in [0.05, 0.1) is 5.56 Å². The van der Waals surface area contributed by atoms with E-state index in [-0.39, 0.29) is 12.2 Å². The average molecular weight is 309 g/mol. The maximum absolute atomic E-state index is 13.3. The van der Waals surface area contributed by atoms with Gasteiger partial charge in [-0.1, -0.05) is 46.3 Å². The zero-order chi connectivity index (χ0) is 13.0. The number of carbonyl (C=O) groups excluding carboxylic acids is 1. The first-order valence-electron chi connectivity index (χ1n) is 5.33. The summed E-state index contributed by atoms with van der Waals surface area (Å²) < 4.78 is 19.3. The molecule has 18 heavy (non-hydrogen) atoms. The van der Waals surface area contributed by atoms with Crippen LogP contribution in [0.15, 0.2) is 53.0 Å². The zero-order valence-corrected chi connectivity index (χ0v) is 11.0. The normalized spacial score (nSPS) is 10.1. The van der Waals surface area contributed by atoms with E-state index in [9.17, 15) is 9.18 Å². The van der Waals surface area contributed by atoms with Crippen LogP contribution in [0.25, 0.3) is 0 Å². The average Bonchev–Trinajstić information content (AvgIpc) is 2.38. The Bertz CT molecular complexity index is 569. The fraction of sp³-hybridized carbons (Fsp3) is 0.0714. The molecule has 4 heteroatoms. The van der Waals surface area contributed by atoms with Crippen LogP contribution >= 0.6 is 15.9 Å². The molecule has 0 aliphatic carbocycles. The first-order valence-corrected chi connectivity index (χ1v) is 6.13. The summed E-state index contributed by atoms with van der Waals surface area (Å²) >= 11 is 3.35. The Kier molecular flexibility index (Phi) is 4.10. The summed E-state index contributed by atoms with van der Waals surface area (Å²) in [7, 11) is 0. The second-order valence-electron chi connectivity index (χ2n) is 3.65. The lowest BCUT2D eigenvalue weighted by atomic mass is 10.2. The van der Waals surface area contributed by atoms with Crippen molar-refractivity contribution < 1.29 is 13.9 Å². The lowest BCUT2D eigenvalue weighted by Crippen LogP contribution is -2.07. The number of hydrogen-bond donors (Lipinski definition) is 0. The van der Waals surface area contributed by atoms with E-state index in [2.05, 4.69) is 15.9 Å². The Morgan fingerprint density at radius 3 is 2.50 bits per heavy atom. The first kappa shape index (κ1) is 12.8. The van der Waals surface area contributed by atoms with E-state index >= 15 is 0 Å². The molecule has 0 heterocycles. The Morgan fingerprint density at radius 2 is 1.78 bits per heavy atom. The van der Waals surface area contributed by atoms with Crippen LogP contribution in [-0.4, -0.2) is 5.97 Å². The first-order chi connectivity index (χ1) is 8.68. The van der Waals surface area contributed by atoms with Gasteiger partial charge in [-0.2, -0.15) is 0 Å². The number of rotatable bonds is 3. The number of halogens is 2. The van der Waals surface area contributed by atoms with Gasteiger partial charge in [0.2, 0.25) is 0 Å². The van der Waals surface area contributed by atoms with E-state index in [4.69, 9.17) is 4.74 Å². The van der Waals surface area contributed by atoms with Gasteiger partial charge < -0.3 is 4.74 Å². The van der Waals surface area contributed by atoms with E-state index in [0.29, 0.717) is 0 Å². The molecule has 0 aliphatic rings. The highest BCUT2D eigenvalue weighted by Crippen LogP contribution is 2.17. The minimum absolute atomic E-state index is 0.0513. The smallest absolute Gasteiger partial charge is 0.341 e. The molecular formula is C14H10BrFO2. The molecule has 2 rings (SSSR count). The summed E-state index contributed by atoms with van der Waals surface area (Å²) in [6.45, 7) is 0.106. The van der Waals surface area contributed by atoms with Crippen LogP contribution in [0, 0.1) is 5.82 Å². The van der Waals surface area contributed by atoms with Crippen molar-refractivity contribution in [2.75, 3.05) is 0 Å². The maximum Gasteiger partial charge on any atom is 0.341 e. The van der Waals surface area contributed by atoms with Gasteiger partial charge >= 0.3 is 5.97 Å². The molecule has 0 spiro atoms. The second kappa shape index (κ2) is 5.78. The molecule has 0 saturated carbocycles. The van der Waals surface area contributed by atoms with E-state index < -0.39 is 11.8 Å². The molecule has 2 aromatic carbocycles. The van der Waals surface area contributed by atoms with E-state index in [1.807, 2.05) is 24.3 Å². The number of ether oxygens (including phenoxy) is 1. The largest absolute Gasteiger partial charge is 0.457 e. The molecule has 0 aliphatic heterocycles. The van der Waals surface area contributed by atoms with Crippen molar-refractivity contribution in [1.29, 1.82) is 0 Å². The standard InChI is InChI=1S/C14H10BrFO2/c15-12-7-3-1-5-10(12)9-18-14(17)11-6-2-4-8-13(11)16/h1-8H,9H2. The molecule has 0 amide bonds. The lowest BCUT2D eigenvalue weighted by molar-refractivity contribution is 0.0466. The number of hydrogen-bond acceptors (Lipinski definition) is 2.